The van der Waals surface area contributed by atoms with Gasteiger partial charge in [-0.1, -0.05) is 43.3 Å². The Kier molecular flexibility index (Phi) is 6.46. The normalized spacial score (nSPS) is 11.6. The zero-order valence-electron chi connectivity index (χ0n) is 17.8. The minimum atomic E-state index is -0.709. The van der Waals surface area contributed by atoms with Gasteiger partial charge in [-0.3, -0.25) is 4.79 Å². The number of nitrogens with zero attached hydrogens (tertiary/aromatic N) is 2. The number of carbonyl (C=O) groups excluding carboxylic acids is 1. The number of nitrogens with one attached hydrogen (secondary N) is 1. The van der Waals surface area contributed by atoms with Gasteiger partial charge in [-0.15, -0.1) is 10.2 Å². The number of rotatable bonds is 8. The number of para-hydroxylation sites is 1. The highest BCUT2D eigenvalue weighted by Crippen LogP contribution is 2.32. The molecule has 32 heavy (non-hydrogen) atoms. The maximum Gasteiger partial charge on any atom is 0.265 e. The molecule has 1 amide bonds. The van der Waals surface area contributed by atoms with E-state index < -0.39 is 6.10 Å². The summed E-state index contributed by atoms with van der Waals surface area (Å²) in [5.74, 6) is 1.63. The van der Waals surface area contributed by atoms with Crippen molar-refractivity contribution in [3.8, 4) is 34.4 Å². The molecule has 0 unspecified atom stereocenters. The number of benzene rings is 3. The van der Waals surface area contributed by atoms with Gasteiger partial charge in [0.2, 0.25) is 5.89 Å². The van der Waals surface area contributed by atoms with Gasteiger partial charge in [0.25, 0.3) is 11.8 Å². The lowest BCUT2D eigenvalue weighted by molar-refractivity contribution is -0.122. The van der Waals surface area contributed by atoms with Crippen LogP contribution in [0.3, 0.4) is 0 Å². The van der Waals surface area contributed by atoms with Crippen LogP contribution >= 0.6 is 0 Å². The third kappa shape index (κ3) is 4.78. The lowest BCUT2D eigenvalue weighted by atomic mass is 10.2. The first-order valence-electron chi connectivity index (χ1n) is 10.3. The van der Waals surface area contributed by atoms with Crippen LogP contribution in [0.5, 0.6) is 11.5 Å². The molecule has 1 aromatic heterocycles. The standard InChI is InChI=1S/C25H23N3O4/c1-3-21(23(29)26-18-12-9-13-19(16-18)30-2)31-22-15-8-7-14-20(22)25-28-27-24(32-25)17-10-5-4-6-11-17/h4-16,21H,3H2,1-2H3,(H,26,29)/t21-/m1/s1. The van der Waals surface area contributed by atoms with Crippen molar-refractivity contribution in [2.75, 3.05) is 12.4 Å². The lowest BCUT2D eigenvalue weighted by Gasteiger charge is -2.18. The Labute approximate surface area is 186 Å². The first-order chi connectivity index (χ1) is 15.7. The molecule has 162 valence electrons. The van der Waals surface area contributed by atoms with Gasteiger partial charge in [0, 0.05) is 17.3 Å². The molecule has 0 radical (unpaired) electrons. The molecule has 0 saturated heterocycles. The first-order valence-corrected chi connectivity index (χ1v) is 10.3. The van der Waals surface area contributed by atoms with Crippen LogP contribution in [0.2, 0.25) is 0 Å². The molecule has 1 N–H and O–H groups in total. The fourth-order valence-corrected chi connectivity index (χ4v) is 3.17. The largest absolute Gasteiger partial charge is 0.497 e. The molecule has 0 saturated carbocycles. The van der Waals surface area contributed by atoms with Crippen molar-refractivity contribution in [3.05, 3.63) is 78.9 Å². The van der Waals surface area contributed by atoms with Gasteiger partial charge in [-0.05, 0) is 42.8 Å². The summed E-state index contributed by atoms with van der Waals surface area (Å²) in [7, 11) is 1.58. The smallest absolute Gasteiger partial charge is 0.265 e. The zero-order chi connectivity index (χ0) is 22.3. The quantitative estimate of drug-likeness (QED) is 0.414. The lowest BCUT2D eigenvalue weighted by Crippen LogP contribution is -2.32. The Hall–Kier alpha value is -4.13. The minimum Gasteiger partial charge on any atom is -0.497 e. The highest BCUT2D eigenvalue weighted by atomic mass is 16.5. The summed E-state index contributed by atoms with van der Waals surface area (Å²) in [6.07, 6.45) is -0.234. The first kappa shape index (κ1) is 21.1. The monoisotopic (exact) mass is 429 g/mol. The Balaban J connectivity index is 1.54. The third-order valence-electron chi connectivity index (χ3n) is 4.83. The summed E-state index contributed by atoms with van der Waals surface area (Å²) in [5, 5.41) is 11.2. The van der Waals surface area contributed by atoms with Crippen molar-refractivity contribution in [3.63, 3.8) is 0 Å². The molecule has 4 aromatic rings. The van der Waals surface area contributed by atoms with Crippen LogP contribution in [0.15, 0.2) is 83.3 Å². The Morgan fingerprint density at radius 1 is 0.969 bits per heavy atom. The van der Waals surface area contributed by atoms with Crippen LogP contribution < -0.4 is 14.8 Å². The van der Waals surface area contributed by atoms with Crippen LogP contribution in [0.25, 0.3) is 22.9 Å². The van der Waals surface area contributed by atoms with Gasteiger partial charge in [-0.2, -0.15) is 0 Å². The van der Waals surface area contributed by atoms with E-state index in [9.17, 15) is 4.79 Å². The number of amides is 1. The predicted octanol–water partition coefficient (Wildman–Crippen LogP) is 5.21. The molecule has 0 fully saturated rings. The van der Waals surface area contributed by atoms with Gasteiger partial charge in [0.15, 0.2) is 6.10 Å². The van der Waals surface area contributed by atoms with E-state index in [2.05, 4.69) is 15.5 Å². The highest BCUT2D eigenvalue weighted by Gasteiger charge is 2.22. The molecule has 3 aromatic carbocycles. The van der Waals surface area contributed by atoms with Crippen LogP contribution in [-0.4, -0.2) is 29.3 Å². The van der Waals surface area contributed by atoms with E-state index in [-0.39, 0.29) is 5.91 Å². The summed E-state index contributed by atoms with van der Waals surface area (Å²) in [4.78, 5) is 12.9. The van der Waals surface area contributed by atoms with E-state index in [4.69, 9.17) is 13.9 Å². The second-order valence-electron chi connectivity index (χ2n) is 7.01. The van der Waals surface area contributed by atoms with Crippen molar-refractivity contribution in [2.24, 2.45) is 0 Å². The maximum absolute atomic E-state index is 12.9. The molecule has 7 nitrogen and oxygen atoms in total. The molecule has 0 spiro atoms. The zero-order valence-corrected chi connectivity index (χ0v) is 17.8. The van der Waals surface area contributed by atoms with Crippen LogP contribution in [0.1, 0.15) is 13.3 Å². The van der Waals surface area contributed by atoms with Crippen molar-refractivity contribution in [2.45, 2.75) is 19.4 Å². The number of methoxy groups -OCH3 is 1. The molecule has 0 aliphatic carbocycles. The van der Waals surface area contributed by atoms with Crippen LogP contribution in [0, 0.1) is 0 Å². The number of anilines is 1. The third-order valence-corrected chi connectivity index (χ3v) is 4.83. The molecule has 0 aliphatic rings. The number of ether oxygens (including phenoxy) is 2. The summed E-state index contributed by atoms with van der Waals surface area (Å²) >= 11 is 0. The summed E-state index contributed by atoms with van der Waals surface area (Å²) in [6, 6.07) is 24.0. The molecule has 0 bridgehead atoms. The number of hydrogen-bond acceptors (Lipinski definition) is 6. The van der Waals surface area contributed by atoms with E-state index in [1.165, 1.54) is 0 Å². The Morgan fingerprint density at radius 3 is 2.50 bits per heavy atom. The van der Waals surface area contributed by atoms with E-state index in [0.29, 0.717) is 41.0 Å². The van der Waals surface area contributed by atoms with E-state index >= 15 is 0 Å². The SMILES string of the molecule is CC[C@@H](Oc1ccccc1-c1nnc(-c2ccccc2)o1)C(=O)Nc1cccc(OC)c1. The second-order valence-corrected chi connectivity index (χ2v) is 7.01. The fraction of sp³-hybridized carbons (Fsp3) is 0.160. The molecular formula is C25H23N3O4. The van der Waals surface area contributed by atoms with Gasteiger partial charge in [0.05, 0.1) is 12.7 Å². The number of hydrogen-bond donors (Lipinski definition) is 1. The van der Waals surface area contributed by atoms with Gasteiger partial charge in [0.1, 0.15) is 11.5 Å². The van der Waals surface area contributed by atoms with Crippen molar-refractivity contribution < 1.29 is 18.7 Å². The molecule has 4 rings (SSSR count). The highest BCUT2D eigenvalue weighted by molar-refractivity contribution is 5.94. The number of carbonyl (C=O) groups is 1. The Bertz CT molecular complexity index is 1190. The minimum absolute atomic E-state index is 0.258. The van der Waals surface area contributed by atoms with Crippen molar-refractivity contribution >= 4 is 11.6 Å². The van der Waals surface area contributed by atoms with Crippen LogP contribution in [-0.2, 0) is 4.79 Å². The Morgan fingerprint density at radius 2 is 1.72 bits per heavy atom. The van der Waals surface area contributed by atoms with Gasteiger partial charge < -0.3 is 19.2 Å². The summed E-state index contributed by atoms with van der Waals surface area (Å²) < 4.78 is 17.2. The topological polar surface area (TPSA) is 86.5 Å². The van der Waals surface area contributed by atoms with Crippen molar-refractivity contribution in [1.29, 1.82) is 0 Å². The van der Waals surface area contributed by atoms with Crippen LogP contribution in [0.4, 0.5) is 5.69 Å². The molecule has 0 aliphatic heterocycles. The average molecular weight is 429 g/mol. The van der Waals surface area contributed by atoms with Gasteiger partial charge in [-0.25, -0.2) is 0 Å². The fourth-order valence-electron chi connectivity index (χ4n) is 3.17. The molecule has 1 atom stereocenters. The number of aromatic nitrogens is 2. The second kappa shape index (κ2) is 9.78. The maximum atomic E-state index is 12.9. The molecule has 7 heteroatoms. The molecular weight excluding hydrogens is 406 g/mol. The molecule has 1 heterocycles. The summed E-state index contributed by atoms with van der Waals surface area (Å²) in [6.45, 7) is 1.89. The van der Waals surface area contributed by atoms with Gasteiger partial charge >= 0.3 is 0 Å². The van der Waals surface area contributed by atoms with E-state index in [1.54, 1.807) is 25.3 Å². The van der Waals surface area contributed by atoms with E-state index in [1.807, 2.05) is 67.6 Å². The van der Waals surface area contributed by atoms with Crippen molar-refractivity contribution in [1.82, 2.24) is 10.2 Å². The average Bonchev–Trinajstić information content (AvgIpc) is 3.33. The summed E-state index contributed by atoms with van der Waals surface area (Å²) in [5.41, 5.74) is 2.08. The van der Waals surface area contributed by atoms with E-state index in [0.717, 1.165) is 5.56 Å². The predicted molar refractivity (Wildman–Crippen MR) is 122 cm³/mol.